The second kappa shape index (κ2) is 7.70. The summed E-state index contributed by atoms with van der Waals surface area (Å²) in [5.74, 6) is 1.61. The molecule has 0 amide bonds. The molecule has 1 aromatic carbocycles. The molecule has 1 aromatic heterocycles. The summed E-state index contributed by atoms with van der Waals surface area (Å²) in [4.78, 5) is 4.40. The molecule has 1 atom stereocenters. The standard InChI is InChI=1S/C18H20N4O2/c1-23-10-9-19-18-8-7-13(12-20-18)15-11-16(22-21-15)14-5-3-4-6-17(14)24-2/h3-8,11-12,15H,9-10H2,1-2H3,(H,19,20). The predicted molar refractivity (Wildman–Crippen MR) is 93.2 cm³/mol. The average molecular weight is 324 g/mol. The van der Waals surface area contributed by atoms with Gasteiger partial charge < -0.3 is 14.8 Å². The van der Waals surface area contributed by atoms with Gasteiger partial charge in [0.1, 0.15) is 17.6 Å². The highest BCUT2D eigenvalue weighted by atomic mass is 16.5. The van der Waals surface area contributed by atoms with E-state index >= 15 is 0 Å². The molecule has 2 heterocycles. The van der Waals surface area contributed by atoms with Gasteiger partial charge in [-0.1, -0.05) is 18.2 Å². The van der Waals surface area contributed by atoms with E-state index in [9.17, 15) is 0 Å². The summed E-state index contributed by atoms with van der Waals surface area (Å²) < 4.78 is 10.4. The molecule has 0 fully saturated rings. The van der Waals surface area contributed by atoms with Crippen LogP contribution in [0.1, 0.15) is 17.2 Å². The maximum Gasteiger partial charge on any atom is 0.128 e. The van der Waals surface area contributed by atoms with Crippen LogP contribution in [0.2, 0.25) is 0 Å². The topological polar surface area (TPSA) is 68.1 Å². The molecular weight excluding hydrogens is 304 g/mol. The summed E-state index contributed by atoms with van der Waals surface area (Å²) in [6.45, 7) is 1.37. The van der Waals surface area contributed by atoms with Gasteiger partial charge in [-0.25, -0.2) is 4.98 Å². The third-order valence-corrected chi connectivity index (χ3v) is 3.73. The zero-order valence-corrected chi connectivity index (χ0v) is 13.8. The van der Waals surface area contributed by atoms with Crippen LogP contribution in [0.25, 0.3) is 5.70 Å². The van der Waals surface area contributed by atoms with Crippen LogP contribution in [0.3, 0.4) is 0 Å². The minimum atomic E-state index is -0.120. The van der Waals surface area contributed by atoms with E-state index in [0.29, 0.717) is 6.61 Å². The molecule has 6 heteroatoms. The molecule has 2 aromatic rings. The highest BCUT2D eigenvalue weighted by Crippen LogP contribution is 2.35. The first-order chi connectivity index (χ1) is 11.8. The lowest BCUT2D eigenvalue weighted by molar-refractivity contribution is 0.210. The Morgan fingerprint density at radius 2 is 2.00 bits per heavy atom. The van der Waals surface area contributed by atoms with Crippen molar-refractivity contribution in [2.24, 2.45) is 10.2 Å². The highest BCUT2D eigenvalue weighted by Gasteiger charge is 2.18. The van der Waals surface area contributed by atoms with Crippen LogP contribution in [0, 0.1) is 0 Å². The van der Waals surface area contributed by atoms with Crippen LogP contribution in [-0.2, 0) is 4.74 Å². The number of hydrogen-bond donors (Lipinski definition) is 1. The van der Waals surface area contributed by atoms with E-state index in [2.05, 4.69) is 20.5 Å². The Morgan fingerprint density at radius 1 is 1.12 bits per heavy atom. The lowest BCUT2D eigenvalue weighted by Crippen LogP contribution is -2.08. The number of nitrogens with one attached hydrogen (secondary N) is 1. The Hall–Kier alpha value is -2.73. The van der Waals surface area contributed by atoms with Crippen molar-refractivity contribution < 1.29 is 9.47 Å². The number of pyridine rings is 1. The minimum Gasteiger partial charge on any atom is -0.496 e. The van der Waals surface area contributed by atoms with E-state index < -0.39 is 0 Å². The first-order valence-electron chi connectivity index (χ1n) is 7.76. The smallest absolute Gasteiger partial charge is 0.128 e. The SMILES string of the molecule is COCCNc1ccc(C2C=C(c3ccccc3OC)N=N2)cn1. The van der Waals surface area contributed by atoms with Crippen LogP contribution >= 0.6 is 0 Å². The number of benzene rings is 1. The summed E-state index contributed by atoms with van der Waals surface area (Å²) in [5, 5.41) is 11.8. The van der Waals surface area contributed by atoms with E-state index in [1.807, 2.05) is 48.7 Å². The third-order valence-electron chi connectivity index (χ3n) is 3.73. The van der Waals surface area contributed by atoms with Crippen LogP contribution in [0.15, 0.2) is 58.9 Å². The fraction of sp³-hybridized carbons (Fsp3) is 0.278. The summed E-state index contributed by atoms with van der Waals surface area (Å²) >= 11 is 0. The molecule has 24 heavy (non-hydrogen) atoms. The Bertz CT molecular complexity index is 741. The molecule has 1 N–H and O–H groups in total. The molecule has 6 nitrogen and oxygen atoms in total. The van der Waals surface area contributed by atoms with Crippen LogP contribution in [-0.4, -0.2) is 32.4 Å². The molecule has 1 aliphatic rings. The molecule has 0 saturated carbocycles. The quantitative estimate of drug-likeness (QED) is 0.789. The van der Waals surface area contributed by atoms with Crippen LogP contribution in [0.5, 0.6) is 5.75 Å². The maximum absolute atomic E-state index is 5.39. The zero-order valence-electron chi connectivity index (χ0n) is 13.8. The lowest BCUT2D eigenvalue weighted by Gasteiger charge is -2.07. The maximum atomic E-state index is 5.39. The molecule has 124 valence electrons. The van der Waals surface area contributed by atoms with Gasteiger partial charge in [0.05, 0.1) is 19.4 Å². The number of ether oxygens (including phenoxy) is 2. The molecule has 0 radical (unpaired) electrons. The van der Waals surface area contributed by atoms with Crippen molar-refractivity contribution in [2.75, 3.05) is 32.7 Å². The third kappa shape index (κ3) is 3.60. The summed E-state index contributed by atoms with van der Waals surface area (Å²) in [5.41, 5.74) is 2.76. The summed E-state index contributed by atoms with van der Waals surface area (Å²) in [6.07, 6.45) is 3.84. The first-order valence-corrected chi connectivity index (χ1v) is 7.76. The highest BCUT2D eigenvalue weighted by molar-refractivity contribution is 5.71. The number of azo groups is 1. The van der Waals surface area contributed by atoms with Crippen molar-refractivity contribution in [2.45, 2.75) is 6.04 Å². The Kier molecular flexibility index (Phi) is 5.18. The van der Waals surface area contributed by atoms with Crippen molar-refractivity contribution in [1.29, 1.82) is 0 Å². The van der Waals surface area contributed by atoms with Crippen molar-refractivity contribution in [1.82, 2.24) is 4.98 Å². The minimum absolute atomic E-state index is 0.120. The van der Waals surface area contributed by atoms with Gasteiger partial charge in [0.15, 0.2) is 0 Å². The molecule has 1 unspecified atom stereocenters. The van der Waals surface area contributed by atoms with Gasteiger partial charge in [-0.15, -0.1) is 0 Å². The average Bonchev–Trinajstić information content (AvgIpc) is 3.12. The first kappa shape index (κ1) is 16.1. The molecule has 0 spiro atoms. The molecule has 1 aliphatic heterocycles. The molecule has 0 aliphatic carbocycles. The van der Waals surface area contributed by atoms with Crippen molar-refractivity contribution >= 4 is 11.5 Å². The van der Waals surface area contributed by atoms with E-state index in [1.165, 1.54) is 0 Å². The van der Waals surface area contributed by atoms with Gasteiger partial charge in [-0.05, 0) is 24.3 Å². The van der Waals surface area contributed by atoms with Gasteiger partial charge in [0.25, 0.3) is 0 Å². The normalized spacial score (nSPS) is 16.1. The Labute approximate surface area is 141 Å². The van der Waals surface area contributed by atoms with Crippen molar-refractivity contribution in [3.05, 3.63) is 59.8 Å². The number of nitrogens with zero attached hydrogens (tertiary/aromatic N) is 3. The van der Waals surface area contributed by atoms with E-state index in [4.69, 9.17) is 9.47 Å². The van der Waals surface area contributed by atoms with E-state index in [-0.39, 0.29) is 6.04 Å². The number of anilines is 1. The van der Waals surface area contributed by atoms with Gasteiger partial charge in [0.2, 0.25) is 0 Å². The molecular formula is C18H20N4O2. The second-order valence-electron chi connectivity index (χ2n) is 5.31. The second-order valence-corrected chi connectivity index (χ2v) is 5.31. The van der Waals surface area contributed by atoms with Gasteiger partial charge in [-0.3, -0.25) is 0 Å². The number of hydrogen-bond acceptors (Lipinski definition) is 6. The van der Waals surface area contributed by atoms with Gasteiger partial charge in [-0.2, -0.15) is 10.2 Å². The molecule has 0 saturated heterocycles. The van der Waals surface area contributed by atoms with Gasteiger partial charge >= 0.3 is 0 Å². The Morgan fingerprint density at radius 3 is 2.75 bits per heavy atom. The lowest BCUT2D eigenvalue weighted by atomic mass is 10.1. The fourth-order valence-electron chi connectivity index (χ4n) is 2.47. The number of rotatable bonds is 7. The molecule has 3 rings (SSSR count). The monoisotopic (exact) mass is 324 g/mol. The van der Waals surface area contributed by atoms with E-state index in [1.54, 1.807) is 14.2 Å². The van der Waals surface area contributed by atoms with Crippen molar-refractivity contribution in [3.8, 4) is 5.75 Å². The number of methoxy groups -OCH3 is 2. The van der Waals surface area contributed by atoms with Gasteiger partial charge in [0, 0.05) is 31.0 Å². The van der Waals surface area contributed by atoms with Crippen molar-refractivity contribution in [3.63, 3.8) is 0 Å². The largest absolute Gasteiger partial charge is 0.496 e. The van der Waals surface area contributed by atoms with E-state index in [0.717, 1.165) is 34.9 Å². The zero-order chi connectivity index (χ0) is 16.8. The Balaban J connectivity index is 1.73. The summed E-state index contributed by atoms with van der Waals surface area (Å²) in [7, 11) is 3.33. The van der Waals surface area contributed by atoms with Crippen LogP contribution in [0.4, 0.5) is 5.82 Å². The number of aromatic nitrogens is 1. The summed E-state index contributed by atoms with van der Waals surface area (Å²) in [6, 6.07) is 11.6. The number of para-hydroxylation sites is 1. The molecule has 0 bridgehead atoms. The fourth-order valence-corrected chi connectivity index (χ4v) is 2.47. The van der Waals surface area contributed by atoms with Crippen LogP contribution < -0.4 is 10.1 Å². The predicted octanol–water partition coefficient (Wildman–Crippen LogP) is 3.70.